The predicted molar refractivity (Wildman–Crippen MR) is 119 cm³/mol. The molecule has 4 nitrogen and oxygen atoms in total. The molecule has 4 aromatic rings. The van der Waals surface area contributed by atoms with E-state index in [0.717, 1.165) is 28.0 Å². The molecular formula is C26H24O4. The maximum absolute atomic E-state index is 13.4. The molecule has 0 aliphatic carbocycles. The Morgan fingerprint density at radius 1 is 0.867 bits per heavy atom. The zero-order chi connectivity index (χ0) is 21.3. The molecule has 0 saturated heterocycles. The lowest BCUT2D eigenvalue weighted by Crippen LogP contribution is -2.10. The lowest BCUT2D eigenvalue weighted by Gasteiger charge is -2.13. The zero-order valence-electron chi connectivity index (χ0n) is 17.6. The first kappa shape index (κ1) is 19.8. The van der Waals surface area contributed by atoms with Crippen molar-refractivity contribution in [2.75, 3.05) is 7.11 Å². The average Bonchev–Trinajstić information content (AvgIpc) is 2.76. The van der Waals surface area contributed by atoms with Crippen LogP contribution in [0.2, 0.25) is 0 Å². The van der Waals surface area contributed by atoms with Crippen molar-refractivity contribution >= 4 is 11.0 Å². The number of hydrogen-bond donors (Lipinski definition) is 0. The van der Waals surface area contributed by atoms with Crippen molar-refractivity contribution in [3.05, 3.63) is 93.1 Å². The van der Waals surface area contributed by atoms with E-state index in [4.69, 9.17) is 13.9 Å². The molecule has 0 spiro atoms. The molecule has 0 amide bonds. The highest BCUT2D eigenvalue weighted by Gasteiger charge is 2.19. The lowest BCUT2D eigenvalue weighted by molar-refractivity contribution is 0.298. The first-order valence-electron chi connectivity index (χ1n) is 9.87. The number of hydrogen-bond acceptors (Lipinski definition) is 4. The van der Waals surface area contributed by atoms with Crippen LogP contribution in [0.25, 0.3) is 22.3 Å². The Bertz CT molecular complexity index is 1250. The number of rotatable bonds is 5. The van der Waals surface area contributed by atoms with Gasteiger partial charge in [0.2, 0.25) is 11.2 Å². The van der Waals surface area contributed by atoms with Crippen LogP contribution in [0.3, 0.4) is 0 Å². The summed E-state index contributed by atoms with van der Waals surface area (Å²) < 4.78 is 17.5. The Hall–Kier alpha value is -3.53. The van der Waals surface area contributed by atoms with E-state index in [9.17, 15) is 4.79 Å². The fraction of sp³-hybridized carbons (Fsp3) is 0.192. The first-order chi connectivity index (χ1) is 14.5. The Kier molecular flexibility index (Phi) is 5.32. The molecule has 0 atom stereocenters. The second-order valence-electron chi connectivity index (χ2n) is 7.52. The van der Waals surface area contributed by atoms with Gasteiger partial charge in [0, 0.05) is 5.56 Å². The van der Waals surface area contributed by atoms with Crippen LogP contribution in [0.4, 0.5) is 0 Å². The Morgan fingerprint density at radius 2 is 1.53 bits per heavy atom. The lowest BCUT2D eigenvalue weighted by atomic mass is 10.0. The third kappa shape index (κ3) is 3.81. The largest absolute Gasteiger partial charge is 0.497 e. The predicted octanol–water partition coefficient (Wildman–Crippen LogP) is 5.97. The van der Waals surface area contributed by atoms with Gasteiger partial charge in [-0.05, 0) is 73.9 Å². The number of aryl methyl sites for hydroxylation is 3. The van der Waals surface area contributed by atoms with E-state index in [1.807, 2.05) is 81.4 Å². The van der Waals surface area contributed by atoms with Gasteiger partial charge in [-0.1, -0.05) is 29.8 Å². The smallest absolute Gasteiger partial charge is 0.235 e. The summed E-state index contributed by atoms with van der Waals surface area (Å²) in [5.41, 5.74) is 5.41. The average molecular weight is 400 g/mol. The van der Waals surface area contributed by atoms with E-state index in [-0.39, 0.29) is 17.8 Å². The highest BCUT2D eigenvalue weighted by Crippen LogP contribution is 2.33. The third-order valence-corrected chi connectivity index (χ3v) is 5.32. The van der Waals surface area contributed by atoms with Gasteiger partial charge in [-0.15, -0.1) is 0 Å². The van der Waals surface area contributed by atoms with Gasteiger partial charge in [0.25, 0.3) is 0 Å². The molecule has 0 N–H and O–H groups in total. The summed E-state index contributed by atoms with van der Waals surface area (Å²) in [6.07, 6.45) is 0. The molecule has 0 aliphatic heterocycles. The standard InChI is InChI=1S/C26H24O4/c1-16-5-7-19(8-6-16)15-29-26-24(27)22-13-17(2)18(3)14-23(22)30-25(26)20-9-11-21(28-4)12-10-20/h5-14H,15H2,1-4H3. The summed E-state index contributed by atoms with van der Waals surface area (Å²) in [6, 6.07) is 19.2. The van der Waals surface area contributed by atoms with Gasteiger partial charge >= 0.3 is 0 Å². The molecule has 0 bridgehead atoms. The van der Waals surface area contributed by atoms with Crippen LogP contribution < -0.4 is 14.9 Å². The molecule has 152 valence electrons. The highest BCUT2D eigenvalue weighted by molar-refractivity contribution is 5.83. The second-order valence-corrected chi connectivity index (χ2v) is 7.52. The summed E-state index contributed by atoms with van der Waals surface area (Å²) >= 11 is 0. The molecule has 1 heterocycles. The van der Waals surface area contributed by atoms with E-state index in [2.05, 4.69) is 0 Å². The molecule has 0 unspecified atom stereocenters. The van der Waals surface area contributed by atoms with Crippen LogP contribution in [0, 0.1) is 20.8 Å². The molecule has 0 saturated carbocycles. The highest BCUT2D eigenvalue weighted by atomic mass is 16.5. The maximum atomic E-state index is 13.4. The number of methoxy groups -OCH3 is 1. The number of fused-ring (bicyclic) bond motifs is 1. The quantitative estimate of drug-likeness (QED) is 0.414. The third-order valence-electron chi connectivity index (χ3n) is 5.32. The van der Waals surface area contributed by atoms with Gasteiger partial charge < -0.3 is 13.9 Å². The molecule has 30 heavy (non-hydrogen) atoms. The summed E-state index contributed by atoms with van der Waals surface area (Å²) in [7, 11) is 1.62. The van der Waals surface area contributed by atoms with Crippen LogP contribution in [-0.4, -0.2) is 7.11 Å². The number of benzene rings is 3. The van der Waals surface area contributed by atoms with Crippen LogP contribution in [0.15, 0.2) is 69.9 Å². The normalized spacial score (nSPS) is 10.9. The van der Waals surface area contributed by atoms with Crippen LogP contribution in [-0.2, 0) is 6.61 Å². The van der Waals surface area contributed by atoms with E-state index in [0.29, 0.717) is 16.7 Å². The summed E-state index contributed by atoms with van der Waals surface area (Å²) in [4.78, 5) is 13.4. The van der Waals surface area contributed by atoms with Gasteiger partial charge in [0.1, 0.15) is 17.9 Å². The van der Waals surface area contributed by atoms with Crippen LogP contribution in [0.1, 0.15) is 22.3 Å². The van der Waals surface area contributed by atoms with Crippen molar-refractivity contribution in [2.24, 2.45) is 0 Å². The van der Waals surface area contributed by atoms with E-state index in [1.54, 1.807) is 7.11 Å². The summed E-state index contributed by atoms with van der Waals surface area (Å²) in [5, 5.41) is 0.522. The minimum Gasteiger partial charge on any atom is -0.497 e. The Labute approximate surface area is 175 Å². The van der Waals surface area contributed by atoms with Crippen molar-refractivity contribution in [3.63, 3.8) is 0 Å². The maximum Gasteiger partial charge on any atom is 0.235 e. The Morgan fingerprint density at radius 3 is 2.20 bits per heavy atom. The molecule has 3 aromatic carbocycles. The second kappa shape index (κ2) is 8.07. The van der Waals surface area contributed by atoms with Crippen molar-refractivity contribution in [2.45, 2.75) is 27.4 Å². The molecule has 4 heteroatoms. The van der Waals surface area contributed by atoms with Crippen molar-refractivity contribution in [1.82, 2.24) is 0 Å². The monoisotopic (exact) mass is 400 g/mol. The molecule has 0 aliphatic rings. The van der Waals surface area contributed by atoms with Crippen LogP contribution in [0.5, 0.6) is 11.5 Å². The molecule has 4 rings (SSSR count). The van der Waals surface area contributed by atoms with Gasteiger partial charge in [-0.25, -0.2) is 0 Å². The molecule has 0 fully saturated rings. The molecule has 0 radical (unpaired) electrons. The first-order valence-corrected chi connectivity index (χ1v) is 9.87. The van der Waals surface area contributed by atoms with Gasteiger partial charge in [0.05, 0.1) is 12.5 Å². The Balaban J connectivity index is 1.85. The van der Waals surface area contributed by atoms with E-state index < -0.39 is 0 Å². The zero-order valence-corrected chi connectivity index (χ0v) is 17.6. The van der Waals surface area contributed by atoms with Crippen molar-refractivity contribution in [3.8, 4) is 22.8 Å². The van der Waals surface area contributed by atoms with Gasteiger partial charge in [-0.3, -0.25) is 4.79 Å². The fourth-order valence-corrected chi connectivity index (χ4v) is 3.34. The number of ether oxygens (including phenoxy) is 2. The van der Waals surface area contributed by atoms with Crippen LogP contribution >= 0.6 is 0 Å². The minimum absolute atomic E-state index is 0.169. The SMILES string of the molecule is COc1ccc(-c2oc3cc(C)c(C)cc3c(=O)c2OCc2ccc(C)cc2)cc1. The van der Waals surface area contributed by atoms with Gasteiger partial charge in [0.15, 0.2) is 5.76 Å². The van der Waals surface area contributed by atoms with Gasteiger partial charge in [-0.2, -0.15) is 0 Å². The van der Waals surface area contributed by atoms with Crippen molar-refractivity contribution < 1.29 is 13.9 Å². The van der Waals surface area contributed by atoms with Crippen molar-refractivity contribution in [1.29, 1.82) is 0 Å². The topological polar surface area (TPSA) is 48.7 Å². The van der Waals surface area contributed by atoms with E-state index in [1.165, 1.54) is 5.56 Å². The minimum atomic E-state index is -0.169. The van der Waals surface area contributed by atoms with E-state index >= 15 is 0 Å². The molecule has 1 aromatic heterocycles. The molecular weight excluding hydrogens is 376 g/mol. The fourth-order valence-electron chi connectivity index (χ4n) is 3.34. The summed E-state index contributed by atoms with van der Waals surface area (Å²) in [5.74, 6) is 1.37. The summed E-state index contributed by atoms with van der Waals surface area (Å²) in [6.45, 7) is 6.31.